The molecular formula is C45H32N2. The molecule has 0 atom stereocenters. The Hall–Kier alpha value is -5.99. The fourth-order valence-electron chi connectivity index (χ4n) is 7.41. The predicted molar refractivity (Wildman–Crippen MR) is 199 cm³/mol. The van der Waals surface area contributed by atoms with E-state index in [2.05, 4.69) is 175 Å². The molecular weight excluding hydrogens is 569 g/mol. The van der Waals surface area contributed by atoms with Crippen molar-refractivity contribution in [2.24, 2.45) is 0 Å². The topological polar surface area (TPSA) is 17.8 Å². The van der Waals surface area contributed by atoms with Crippen molar-refractivity contribution < 1.29 is 0 Å². The molecule has 0 bridgehead atoms. The zero-order valence-electron chi connectivity index (χ0n) is 26.2. The minimum absolute atomic E-state index is 0.858. The third-order valence-corrected chi connectivity index (χ3v) is 9.55. The average molecular weight is 601 g/mol. The number of imidazole rings is 1. The Balaban J connectivity index is 1.22. The van der Waals surface area contributed by atoms with Gasteiger partial charge >= 0.3 is 0 Å². The molecule has 2 heteroatoms. The largest absolute Gasteiger partial charge is 0.296 e. The summed E-state index contributed by atoms with van der Waals surface area (Å²) in [5, 5.41) is 7.58. The molecule has 0 saturated carbocycles. The van der Waals surface area contributed by atoms with Crippen LogP contribution in [0.1, 0.15) is 12.7 Å². The van der Waals surface area contributed by atoms with Crippen molar-refractivity contribution in [2.45, 2.75) is 13.3 Å². The molecule has 0 unspecified atom stereocenters. The van der Waals surface area contributed by atoms with Gasteiger partial charge in [0.2, 0.25) is 0 Å². The van der Waals surface area contributed by atoms with E-state index in [1.807, 2.05) is 0 Å². The van der Waals surface area contributed by atoms with Crippen molar-refractivity contribution in [3.05, 3.63) is 170 Å². The molecule has 0 aliphatic carbocycles. The van der Waals surface area contributed by atoms with Gasteiger partial charge in [0.05, 0.1) is 16.7 Å². The molecule has 2 nitrogen and oxygen atoms in total. The normalized spacial score (nSPS) is 11.6. The van der Waals surface area contributed by atoms with Gasteiger partial charge in [0.1, 0.15) is 5.82 Å². The van der Waals surface area contributed by atoms with Crippen LogP contribution in [0.2, 0.25) is 0 Å². The lowest BCUT2D eigenvalue weighted by Gasteiger charge is -2.18. The first kappa shape index (κ1) is 27.3. The van der Waals surface area contributed by atoms with Crippen molar-refractivity contribution in [3.63, 3.8) is 0 Å². The Kier molecular flexibility index (Phi) is 6.46. The number of aromatic nitrogens is 2. The average Bonchev–Trinajstić information content (AvgIpc) is 3.52. The maximum Gasteiger partial charge on any atom is 0.114 e. The maximum absolute atomic E-state index is 4.96. The zero-order valence-corrected chi connectivity index (χ0v) is 26.2. The lowest BCUT2D eigenvalue weighted by atomic mass is 9.85. The number of benzene rings is 8. The summed E-state index contributed by atoms with van der Waals surface area (Å²) in [7, 11) is 0. The van der Waals surface area contributed by atoms with Gasteiger partial charge in [0.15, 0.2) is 0 Å². The van der Waals surface area contributed by atoms with Crippen molar-refractivity contribution in [2.75, 3.05) is 0 Å². The summed E-state index contributed by atoms with van der Waals surface area (Å²) in [6.45, 7) is 2.18. The standard InChI is InChI=1S/C45H32N2/c1-2-43-46-40-20-10-12-22-42(40)47(43)41-21-11-9-15-35(41)31-24-26-32(27-25-31)44-36-16-5-7-18-38(36)45(39-19-8-6-17-37(39)44)34-28-23-30-13-3-4-14-33(30)29-34/h3-29H,2H2,1H3. The van der Waals surface area contributed by atoms with E-state index in [1.165, 1.54) is 65.7 Å². The molecule has 0 saturated heterocycles. The molecule has 9 rings (SSSR count). The van der Waals surface area contributed by atoms with Crippen LogP contribution in [0.25, 0.3) is 82.4 Å². The Bertz CT molecular complexity index is 2550. The van der Waals surface area contributed by atoms with Crippen molar-refractivity contribution in [1.82, 2.24) is 9.55 Å². The molecule has 0 N–H and O–H groups in total. The van der Waals surface area contributed by atoms with Crippen LogP contribution in [-0.4, -0.2) is 9.55 Å². The molecule has 0 radical (unpaired) electrons. The van der Waals surface area contributed by atoms with Gasteiger partial charge in [-0.05, 0) is 84.4 Å². The van der Waals surface area contributed by atoms with Gasteiger partial charge in [-0.2, -0.15) is 0 Å². The number of hydrogen-bond donors (Lipinski definition) is 0. The van der Waals surface area contributed by atoms with E-state index in [-0.39, 0.29) is 0 Å². The van der Waals surface area contributed by atoms with E-state index >= 15 is 0 Å². The number of fused-ring (bicyclic) bond motifs is 4. The van der Waals surface area contributed by atoms with Crippen molar-refractivity contribution in [1.29, 1.82) is 0 Å². The minimum Gasteiger partial charge on any atom is -0.296 e. The number of rotatable bonds is 5. The van der Waals surface area contributed by atoms with Crippen LogP contribution in [0.5, 0.6) is 0 Å². The van der Waals surface area contributed by atoms with E-state index in [0.29, 0.717) is 0 Å². The molecule has 222 valence electrons. The summed E-state index contributed by atoms with van der Waals surface area (Å²) in [6, 6.07) is 59.5. The summed E-state index contributed by atoms with van der Waals surface area (Å²) in [5.74, 6) is 1.07. The monoisotopic (exact) mass is 600 g/mol. The van der Waals surface area contributed by atoms with Crippen LogP contribution in [0.3, 0.4) is 0 Å². The van der Waals surface area contributed by atoms with Crippen LogP contribution in [0, 0.1) is 0 Å². The SMILES string of the molecule is CCc1nc2ccccc2n1-c1ccccc1-c1ccc(-c2c3ccccc3c(-c3ccc4ccccc4c3)c3ccccc23)cc1. The first-order valence-corrected chi connectivity index (χ1v) is 16.4. The quantitative estimate of drug-likeness (QED) is 0.180. The second-order valence-electron chi connectivity index (χ2n) is 12.2. The Morgan fingerprint density at radius 1 is 0.468 bits per heavy atom. The summed E-state index contributed by atoms with van der Waals surface area (Å²) < 4.78 is 2.32. The van der Waals surface area contributed by atoms with E-state index < -0.39 is 0 Å². The van der Waals surface area contributed by atoms with Crippen molar-refractivity contribution in [3.8, 4) is 39.1 Å². The molecule has 0 aliphatic heterocycles. The summed E-state index contributed by atoms with van der Waals surface area (Å²) in [4.78, 5) is 4.96. The second kappa shape index (κ2) is 11.1. The smallest absolute Gasteiger partial charge is 0.114 e. The molecule has 1 heterocycles. The Morgan fingerprint density at radius 2 is 1.00 bits per heavy atom. The van der Waals surface area contributed by atoms with Gasteiger partial charge in [0, 0.05) is 12.0 Å². The van der Waals surface area contributed by atoms with E-state index in [9.17, 15) is 0 Å². The van der Waals surface area contributed by atoms with Crippen LogP contribution >= 0.6 is 0 Å². The van der Waals surface area contributed by atoms with Gasteiger partial charge in [-0.1, -0.05) is 146 Å². The molecule has 0 aliphatic rings. The molecule has 47 heavy (non-hydrogen) atoms. The highest BCUT2D eigenvalue weighted by atomic mass is 15.1. The van der Waals surface area contributed by atoms with Crippen LogP contribution in [0.4, 0.5) is 0 Å². The first-order valence-electron chi connectivity index (χ1n) is 16.4. The molecule has 8 aromatic carbocycles. The van der Waals surface area contributed by atoms with Gasteiger partial charge in [-0.25, -0.2) is 4.98 Å². The van der Waals surface area contributed by atoms with E-state index in [4.69, 9.17) is 4.98 Å². The highest BCUT2D eigenvalue weighted by Crippen LogP contribution is 2.44. The Labute approximate surface area is 274 Å². The van der Waals surface area contributed by atoms with Crippen LogP contribution in [-0.2, 0) is 6.42 Å². The fourth-order valence-corrected chi connectivity index (χ4v) is 7.41. The van der Waals surface area contributed by atoms with Crippen LogP contribution < -0.4 is 0 Å². The molecule has 0 fully saturated rings. The summed E-state index contributed by atoms with van der Waals surface area (Å²) in [6.07, 6.45) is 0.858. The fraction of sp³-hybridized carbons (Fsp3) is 0.0444. The van der Waals surface area contributed by atoms with Gasteiger partial charge in [0.25, 0.3) is 0 Å². The van der Waals surface area contributed by atoms with Gasteiger partial charge < -0.3 is 0 Å². The molecule has 0 spiro atoms. The zero-order chi connectivity index (χ0) is 31.3. The third-order valence-electron chi connectivity index (χ3n) is 9.55. The number of nitrogens with zero attached hydrogens (tertiary/aromatic N) is 2. The van der Waals surface area contributed by atoms with Crippen LogP contribution in [0.15, 0.2) is 164 Å². The Morgan fingerprint density at radius 3 is 1.70 bits per heavy atom. The highest BCUT2D eigenvalue weighted by Gasteiger charge is 2.18. The van der Waals surface area contributed by atoms with E-state index in [1.54, 1.807) is 0 Å². The summed E-state index contributed by atoms with van der Waals surface area (Å²) >= 11 is 0. The minimum atomic E-state index is 0.858. The molecule has 9 aromatic rings. The second-order valence-corrected chi connectivity index (χ2v) is 12.2. The summed E-state index contributed by atoms with van der Waals surface area (Å²) in [5.41, 5.74) is 10.7. The lowest BCUT2D eigenvalue weighted by molar-refractivity contribution is 0.909. The highest BCUT2D eigenvalue weighted by molar-refractivity contribution is 6.21. The first-order chi connectivity index (χ1) is 23.3. The molecule has 1 aromatic heterocycles. The van der Waals surface area contributed by atoms with E-state index in [0.717, 1.165) is 29.0 Å². The number of aryl methyl sites for hydroxylation is 1. The predicted octanol–water partition coefficient (Wildman–Crippen LogP) is 12.0. The third kappa shape index (κ3) is 4.45. The number of para-hydroxylation sites is 3. The van der Waals surface area contributed by atoms with Gasteiger partial charge in [-0.15, -0.1) is 0 Å². The van der Waals surface area contributed by atoms with Gasteiger partial charge in [-0.3, -0.25) is 4.57 Å². The maximum atomic E-state index is 4.96. The lowest BCUT2D eigenvalue weighted by Crippen LogP contribution is -2.02. The van der Waals surface area contributed by atoms with Crippen molar-refractivity contribution >= 4 is 43.4 Å². The number of hydrogen-bond acceptors (Lipinski definition) is 1. The molecule has 0 amide bonds.